The summed E-state index contributed by atoms with van der Waals surface area (Å²) in [5, 5.41) is 5.25. The maximum Gasteiger partial charge on any atom is 0.265 e. The monoisotopic (exact) mass is 367 g/mol. The van der Waals surface area contributed by atoms with Crippen molar-refractivity contribution in [2.24, 2.45) is 0 Å². The largest absolute Gasteiger partial charge is 0.480 e. The molecule has 0 spiro atoms. The first-order chi connectivity index (χ1) is 12.6. The van der Waals surface area contributed by atoms with Crippen LogP contribution in [0.25, 0.3) is 11.3 Å². The van der Waals surface area contributed by atoms with Gasteiger partial charge in [-0.2, -0.15) is 0 Å². The van der Waals surface area contributed by atoms with Crippen molar-refractivity contribution in [3.8, 4) is 17.0 Å². The van der Waals surface area contributed by atoms with Crippen LogP contribution in [0, 0.1) is 0 Å². The molecule has 0 fully saturated rings. The van der Waals surface area contributed by atoms with Gasteiger partial charge in [-0.3, -0.25) is 4.79 Å². The zero-order chi connectivity index (χ0) is 18.5. The lowest BCUT2D eigenvalue weighted by Gasteiger charge is -2.17. The minimum absolute atomic E-state index is 0.207. The van der Waals surface area contributed by atoms with E-state index in [0.29, 0.717) is 10.9 Å². The van der Waals surface area contributed by atoms with E-state index in [1.807, 2.05) is 53.9 Å². The number of aryl methyl sites for hydroxylation is 1. The number of thiazole rings is 1. The molecule has 0 saturated heterocycles. The maximum absolute atomic E-state index is 12.5. The van der Waals surface area contributed by atoms with E-state index in [0.717, 1.165) is 23.4 Å². The number of rotatable bonds is 6. The van der Waals surface area contributed by atoms with Gasteiger partial charge in [-0.15, -0.1) is 11.3 Å². The number of carbonyl (C=O) groups excluding carboxylic acids is 1. The highest BCUT2D eigenvalue weighted by Crippen LogP contribution is 2.32. The summed E-state index contributed by atoms with van der Waals surface area (Å²) in [6.45, 7) is 3.82. The molecular weight excluding hydrogens is 346 g/mol. The second kappa shape index (κ2) is 8.01. The van der Waals surface area contributed by atoms with Gasteiger partial charge < -0.3 is 15.8 Å². The van der Waals surface area contributed by atoms with Gasteiger partial charge in [0, 0.05) is 16.6 Å². The van der Waals surface area contributed by atoms with E-state index < -0.39 is 6.10 Å². The number of ether oxygens (including phenoxy) is 1. The standard InChI is InChI=1S/C20H21N3O2S/c1-3-14-8-10-15(11-9-14)22-19(24)13(2)25-18-7-5-4-6-16(18)17-12-26-20(21)23-17/h4-13H,3H2,1-2H3,(H2,21,23)(H,22,24). The van der Waals surface area contributed by atoms with Crippen LogP contribution >= 0.6 is 11.3 Å². The zero-order valence-electron chi connectivity index (χ0n) is 14.7. The van der Waals surface area contributed by atoms with Crippen molar-refractivity contribution in [3.05, 3.63) is 59.5 Å². The van der Waals surface area contributed by atoms with Crippen molar-refractivity contribution in [1.29, 1.82) is 0 Å². The van der Waals surface area contributed by atoms with Crippen LogP contribution in [0.4, 0.5) is 10.8 Å². The number of hydrogen-bond acceptors (Lipinski definition) is 5. The van der Waals surface area contributed by atoms with E-state index in [9.17, 15) is 4.79 Å². The molecule has 134 valence electrons. The van der Waals surface area contributed by atoms with Crippen LogP contribution in [-0.2, 0) is 11.2 Å². The van der Waals surface area contributed by atoms with E-state index in [4.69, 9.17) is 10.5 Å². The van der Waals surface area contributed by atoms with Gasteiger partial charge in [0.2, 0.25) is 0 Å². The number of aromatic nitrogens is 1. The molecular formula is C20H21N3O2S. The predicted molar refractivity (Wildman–Crippen MR) is 107 cm³/mol. The van der Waals surface area contributed by atoms with E-state index in [1.165, 1.54) is 16.9 Å². The first-order valence-corrected chi connectivity index (χ1v) is 9.31. The molecule has 1 aromatic heterocycles. The van der Waals surface area contributed by atoms with E-state index in [-0.39, 0.29) is 5.91 Å². The van der Waals surface area contributed by atoms with Crippen LogP contribution in [0.2, 0.25) is 0 Å². The second-order valence-corrected chi connectivity index (χ2v) is 6.76. The Morgan fingerprint density at radius 3 is 2.62 bits per heavy atom. The number of benzene rings is 2. The van der Waals surface area contributed by atoms with Crippen molar-refractivity contribution in [2.45, 2.75) is 26.4 Å². The minimum atomic E-state index is -0.655. The molecule has 1 heterocycles. The van der Waals surface area contributed by atoms with Gasteiger partial charge in [0.25, 0.3) is 5.91 Å². The number of carbonyl (C=O) groups is 1. The highest BCUT2D eigenvalue weighted by atomic mass is 32.1. The molecule has 26 heavy (non-hydrogen) atoms. The molecule has 0 bridgehead atoms. The smallest absolute Gasteiger partial charge is 0.265 e. The topological polar surface area (TPSA) is 77.2 Å². The number of amides is 1. The summed E-state index contributed by atoms with van der Waals surface area (Å²) in [7, 11) is 0. The molecule has 5 nitrogen and oxygen atoms in total. The number of nitrogens with one attached hydrogen (secondary N) is 1. The Balaban J connectivity index is 1.71. The van der Waals surface area contributed by atoms with Crippen LogP contribution < -0.4 is 15.8 Å². The first kappa shape index (κ1) is 17.9. The van der Waals surface area contributed by atoms with Gasteiger partial charge in [0.1, 0.15) is 5.75 Å². The van der Waals surface area contributed by atoms with E-state index >= 15 is 0 Å². The third kappa shape index (κ3) is 4.21. The number of hydrogen-bond donors (Lipinski definition) is 2. The number of anilines is 2. The number of nitrogens with two attached hydrogens (primary N) is 1. The Hall–Kier alpha value is -2.86. The molecule has 0 aliphatic heterocycles. The second-order valence-electron chi connectivity index (χ2n) is 5.87. The lowest BCUT2D eigenvalue weighted by molar-refractivity contribution is -0.122. The number of nitrogen functional groups attached to an aromatic ring is 1. The predicted octanol–water partition coefficient (Wildman–Crippen LogP) is 4.36. The fourth-order valence-electron chi connectivity index (χ4n) is 2.50. The highest BCUT2D eigenvalue weighted by molar-refractivity contribution is 7.13. The molecule has 3 aromatic rings. The van der Waals surface area contributed by atoms with Crippen LogP contribution in [-0.4, -0.2) is 17.0 Å². The summed E-state index contributed by atoms with van der Waals surface area (Å²) in [4.78, 5) is 16.7. The van der Waals surface area contributed by atoms with E-state index in [2.05, 4.69) is 17.2 Å². The Labute approximate surface area is 156 Å². The lowest BCUT2D eigenvalue weighted by Crippen LogP contribution is -2.30. The SMILES string of the molecule is CCc1ccc(NC(=O)C(C)Oc2ccccc2-c2csc(N)n2)cc1. The molecule has 1 unspecified atom stereocenters. The molecule has 1 amide bonds. The van der Waals surface area contributed by atoms with Gasteiger partial charge in [0.05, 0.1) is 5.69 Å². The molecule has 3 rings (SSSR count). The van der Waals surface area contributed by atoms with Crippen LogP contribution in [0.15, 0.2) is 53.9 Å². The Morgan fingerprint density at radius 1 is 1.23 bits per heavy atom. The van der Waals surface area contributed by atoms with Gasteiger partial charge in [0.15, 0.2) is 11.2 Å². The number of nitrogens with zero attached hydrogens (tertiary/aromatic N) is 1. The Morgan fingerprint density at radius 2 is 1.96 bits per heavy atom. The van der Waals surface area contributed by atoms with Crippen LogP contribution in [0.1, 0.15) is 19.4 Å². The van der Waals surface area contributed by atoms with Crippen molar-refractivity contribution < 1.29 is 9.53 Å². The highest BCUT2D eigenvalue weighted by Gasteiger charge is 2.18. The molecule has 0 aliphatic rings. The van der Waals surface area contributed by atoms with Crippen molar-refractivity contribution in [3.63, 3.8) is 0 Å². The summed E-state index contributed by atoms with van der Waals surface area (Å²) < 4.78 is 5.90. The van der Waals surface area contributed by atoms with Gasteiger partial charge in [-0.1, -0.05) is 31.2 Å². The summed E-state index contributed by atoms with van der Waals surface area (Å²) in [6.07, 6.45) is 0.309. The molecule has 0 aliphatic carbocycles. The fraction of sp³-hybridized carbons (Fsp3) is 0.200. The quantitative estimate of drug-likeness (QED) is 0.678. The molecule has 6 heteroatoms. The molecule has 2 aromatic carbocycles. The fourth-order valence-corrected chi connectivity index (χ4v) is 3.07. The molecule has 3 N–H and O–H groups in total. The lowest BCUT2D eigenvalue weighted by atomic mass is 10.1. The van der Waals surface area contributed by atoms with Crippen LogP contribution in [0.5, 0.6) is 5.75 Å². The van der Waals surface area contributed by atoms with Crippen LogP contribution in [0.3, 0.4) is 0 Å². The van der Waals surface area contributed by atoms with Gasteiger partial charge >= 0.3 is 0 Å². The first-order valence-electron chi connectivity index (χ1n) is 8.43. The average molecular weight is 367 g/mol. The van der Waals surface area contributed by atoms with Crippen molar-refractivity contribution in [1.82, 2.24) is 4.98 Å². The summed E-state index contributed by atoms with van der Waals surface area (Å²) in [5.41, 5.74) is 9.26. The Kier molecular flexibility index (Phi) is 5.53. The average Bonchev–Trinajstić information content (AvgIpc) is 3.09. The molecule has 0 radical (unpaired) electrons. The number of para-hydroxylation sites is 1. The van der Waals surface area contributed by atoms with Gasteiger partial charge in [-0.25, -0.2) is 4.98 Å². The summed E-state index contributed by atoms with van der Waals surface area (Å²) in [5.74, 6) is 0.392. The van der Waals surface area contributed by atoms with Crippen molar-refractivity contribution in [2.75, 3.05) is 11.1 Å². The molecule has 1 atom stereocenters. The summed E-state index contributed by atoms with van der Waals surface area (Å²) in [6, 6.07) is 15.3. The minimum Gasteiger partial charge on any atom is -0.480 e. The van der Waals surface area contributed by atoms with Crippen molar-refractivity contribution >= 4 is 28.1 Å². The third-order valence-corrected chi connectivity index (χ3v) is 4.66. The zero-order valence-corrected chi connectivity index (χ0v) is 15.5. The summed E-state index contributed by atoms with van der Waals surface area (Å²) >= 11 is 1.37. The maximum atomic E-state index is 12.5. The Bertz CT molecular complexity index is 890. The third-order valence-electron chi connectivity index (χ3n) is 3.99. The van der Waals surface area contributed by atoms with Gasteiger partial charge in [-0.05, 0) is 43.2 Å². The van der Waals surface area contributed by atoms with E-state index in [1.54, 1.807) is 6.92 Å². The molecule has 0 saturated carbocycles. The normalized spacial score (nSPS) is 11.8.